The lowest BCUT2D eigenvalue weighted by Gasteiger charge is -2.34. The van der Waals surface area contributed by atoms with E-state index in [1.165, 1.54) is 0 Å². The molecule has 0 aromatic carbocycles. The van der Waals surface area contributed by atoms with Crippen LogP contribution in [0.25, 0.3) is 0 Å². The Morgan fingerprint density at radius 2 is 1.50 bits per heavy atom. The van der Waals surface area contributed by atoms with Crippen molar-refractivity contribution in [2.24, 2.45) is 0 Å². The van der Waals surface area contributed by atoms with E-state index < -0.39 is 0 Å². The number of piperazine rings is 2. The maximum Gasteiger partial charge on any atom is 0.266 e. The second-order valence-corrected chi connectivity index (χ2v) is 5.79. The van der Waals surface area contributed by atoms with E-state index in [0.717, 1.165) is 13.1 Å². The molecule has 7 nitrogen and oxygen atoms in total. The number of hydrogen-bond donors (Lipinski definition) is 0. The van der Waals surface area contributed by atoms with Gasteiger partial charge in [0.1, 0.15) is 11.6 Å². The molecule has 22 heavy (non-hydrogen) atoms. The summed E-state index contributed by atoms with van der Waals surface area (Å²) in [5.41, 5.74) is 0.181. The molecule has 2 saturated heterocycles. The van der Waals surface area contributed by atoms with Crippen LogP contribution in [0, 0.1) is 11.3 Å². The molecule has 0 bridgehead atoms. The molecule has 2 amide bonds. The van der Waals surface area contributed by atoms with Gasteiger partial charge in [-0.15, -0.1) is 0 Å². The van der Waals surface area contributed by atoms with Gasteiger partial charge in [0.15, 0.2) is 0 Å². The minimum atomic E-state index is -0.190. The zero-order chi connectivity index (χ0) is 16.1. The minimum Gasteiger partial charge on any atom is -0.373 e. The Morgan fingerprint density at radius 1 is 0.955 bits per heavy atom. The van der Waals surface area contributed by atoms with Crippen LogP contribution in [0.4, 0.5) is 0 Å². The Morgan fingerprint density at radius 3 is 2.00 bits per heavy atom. The van der Waals surface area contributed by atoms with Gasteiger partial charge in [0.05, 0.1) is 0 Å². The van der Waals surface area contributed by atoms with Crippen LogP contribution in [0.1, 0.15) is 6.92 Å². The van der Waals surface area contributed by atoms with E-state index in [1.54, 1.807) is 22.9 Å². The predicted molar refractivity (Wildman–Crippen MR) is 81.6 cm³/mol. The monoisotopic (exact) mass is 305 g/mol. The van der Waals surface area contributed by atoms with E-state index >= 15 is 0 Å². The average molecular weight is 305 g/mol. The van der Waals surface area contributed by atoms with Crippen LogP contribution >= 0.6 is 0 Å². The molecule has 7 heteroatoms. The van der Waals surface area contributed by atoms with Crippen LogP contribution in [-0.4, -0.2) is 90.8 Å². The zero-order valence-electron chi connectivity index (χ0n) is 13.3. The molecule has 0 atom stereocenters. The summed E-state index contributed by atoms with van der Waals surface area (Å²) in [7, 11) is 2.03. The summed E-state index contributed by atoms with van der Waals surface area (Å²) >= 11 is 0. The summed E-state index contributed by atoms with van der Waals surface area (Å²) in [5.74, 6) is -0.123. The topological polar surface area (TPSA) is 70.9 Å². The largest absolute Gasteiger partial charge is 0.373 e. The SMILES string of the molecule is CC(=O)N1CCN(/C=C(/C#N)C(=O)N2CCN(C)CC2)CC1. The molecule has 120 valence electrons. The van der Waals surface area contributed by atoms with Gasteiger partial charge in [-0.1, -0.05) is 0 Å². The summed E-state index contributed by atoms with van der Waals surface area (Å²) in [6, 6.07) is 2.03. The summed E-state index contributed by atoms with van der Waals surface area (Å²) in [6.45, 7) is 7.12. The fourth-order valence-corrected chi connectivity index (χ4v) is 2.66. The van der Waals surface area contributed by atoms with Gasteiger partial charge in [-0.25, -0.2) is 0 Å². The first-order valence-electron chi connectivity index (χ1n) is 7.60. The van der Waals surface area contributed by atoms with E-state index in [0.29, 0.717) is 39.3 Å². The molecule has 0 unspecified atom stereocenters. The Labute approximate surface area is 131 Å². The minimum absolute atomic E-state index is 0.0673. The van der Waals surface area contributed by atoms with Crippen LogP contribution in [0.5, 0.6) is 0 Å². The van der Waals surface area contributed by atoms with E-state index in [4.69, 9.17) is 0 Å². The summed E-state index contributed by atoms with van der Waals surface area (Å²) in [4.78, 5) is 31.3. The predicted octanol–water partition coefficient (Wildman–Crippen LogP) is -0.668. The molecule has 2 rings (SSSR count). The van der Waals surface area contributed by atoms with Gasteiger partial charge < -0.3 is 19.6 Å². The molecule has 0 spiro atoms. The van der Waals surface area contributed by atoms with Gasteiger partial charge in [0.25, 0.3) is 5.91 Å². The number of carbonyl (C=O) groups excluding carboxylic acids is 2. The third-order valence-corrected chi connectivity index (χ3v) is 4.21. The highest BCUT2D eigenvalue weighted by molar-refractivity contribution is 5.97. The first-order valence-corrected chi connectivity index (χ1v) is 7.60. The number of carbonyl (C=O) groups is 2. The van der Waals surface area contributed by atoms with Crippen molar-refractivity contribution >= 4 is 11.8 Å². The maximum atomic E-state index is 12.4. The molecule has 0 aliphatic carbocycles. The van der Waals surface area contributed by atoms with Crippen LogP contribution in [0.2, 0.25) is 0 Å². The molecule has 0 aromatic heterocycles. The number of rotatable bonds is 2. The van der Waals surface area contributed by atoms with Crippen molar-refractivity contribution in [2.45, 2.75) is 6.92 Å². The molecule has 0 N–H and O–H groups in total. The Kier molecular flexibility index (Phi) is 5.39. The highest BCUT2D eigenvalue weighted by atomic mass is 16.2. The molecule has 2 fully saturated rings. The van der Waals surface area contributed by atoms with Crippen molar-refractivity contribution in [1.29, 1.82) is 5.26 Å². The molecule has 2 aliphatic rings. The molecule has 2 aliphatic heterocycles. The van der Waals surface area contributed by atoms with Crippen molar-refractivity contribution < 1.29 is 9.59 Å². The number of nitriles is 1. The van der Waals surface area contributed by atoms with E-state index in [2.05, 4.69) is 4.90 Å². The number of likely N-dealkylation sites (N-methyl/N-ethyl adjacent to an activating group) is 1. The van der Waals surface area contributed by atoms with Crippen molar-refractivity contribution in [1.82, 2.24) is 19.6 Å². The zero-order valence-corrected chi connectivity index (χ0v) is 13.3. The van der Waals surface area contributed by atoms with Crippen molar-refractivity contribution in [3.05, 3.63) is 11.8 Å². The first kappa shape index (κ1) is 16.3. The lowest BCUT2D eigenvalue weighted by atomic mass is 10.2. The van der Waals surface area contributed by atoms with Crippen molar-refractivity contribution in [2.75, 3.05) is 59.4 Å². The fraction of sp³-hybridized carbons (Fsp3) is 0.667. The van der Waals surface area contributed by atoms with Gasteiger partial charge in [-0.3, -0.25) is 9.59 Å². The van der Waals surface area contributed by atoms with Gasteiger partial charge in [-0.2, -0.15) is 5.26 Å². The maximum absolute atomic E-state index is 12.4. The van der Waals surface area contributed by atoms with Crippen molar-refractivity contribution in [3.8, 4) is 6.07 Å². The smallest absolute Gasteiger partial charge is 0.266 e. The third-order valence-electron chi connectivity index (χ3n) is 4.21. The lowest BCUT2D eigenvalue weighted by molar-refractivity contribution is -0.130. The standard InChI is InChI=1S/C15H23N5O2/c1-13(21)19-9-5-18(6-10-19)12-14(11-16)15(22)20-7-3-17(2)4-8-20/h12H,3-10H2,1-2H3/b14-12-. The molecule has 0 saturated carbocycles. The van der Waals surface area contributed by atoms with Gasteiger partial charge >= 0.3 is 0 Å². The first-order chi connectivity index (χ1) is 10.5. The highest BCUT2D eigenvalue weighted by Crippen LogP contribution is 2.09. The molecular weight excluding hydrogens is 282 g/mol. The van der Waals surface area contributed by atoms with Gasteiger partial charge in [-0.05, 0) is 7.05 Å². The Bertz CT molecular complexity index is 495. The average Bonchev–Trinajstić information content (AvgIpc) is 2.53. The summed E-state index contributed by atoms with van der Waals surface area (Å²) in [5, 5.41) is 9.28. The van der Waals surface area contributed by atoms with Crippen LogP contribution in [0.3, 0.4) is 0 Å². The molecule has 0 aromatic rings. The summed E-state index contributed by atoms with van der Waals surface area (Å²) in [6.07, 6.45) is 1.65. The van der Waals surface area contributed by atoms with E-state index in [1.807, 2.05) is 18.0 Å². The quantitative estimate of drug-likeness (QED) is 0.500. The van der Waals surface area contributed by atoms with Gasteiger partial charge in [0, 0.05) is 65.5 Å². The summed E-state index contributed by atoms with van der Waals surface area (Å²) < 4.78 is 0. The number of nitrogens with zero attached hydrogens (tertiary/aromatic N) is 5. The lowest BCUT2D eigenvalue weighted by Crippen LogP contribution is -2.48. The Balaban J connectivity index is 1.95. The van der Waals surface area contributed by atoms with Crippen LogP contribution in [0.15, 0.2) is 11.8 Å². The molecular formula is C15H23N5O2. The number of hydrogen-bond acceptors (Lipinski definition) is 5. The van der Waals surface area contributed by atoms with Crippen molar-refractivity contribution in [3.63, 3.8) is 0 Å². The molecule has 0 radical (unpaired) electrons. The third kappa shape index (κ3) is 3.98. The fourth-order valence-electron chi connectivity index (χ4n) is 2.66. The van der Waals surface area contributed by atoms with Crippen LogP contribution in [-0.2, 0) is 9.59 Å². The van der Waals surface area contributed by atoms with E-state index in [9.17, 15) is 14.9 Å². The normalized spacial score (nSPS) is 20.8. The second kappa shape index (κ2) is 7.27. The second-order valence-electron chi connectivity index (χ2n) is 5.79. The van der Waals surface area contributed by atoms with Gasteiger partial charge in [0.2, 0.25) is 5.91 Å². The van der Waals surface area contributed by atoms with E-state index in [-0.39, 0.29) is 17.4 Å². The number of amides is 2. The molecule has 2 heterocycles. The highest BCUT2D eigenvalue weighted by Gasteiger charge is 2.24. The van der Waals surface area contributed by atoms with Crippen LogP contribution < -0.4 is 0 Å². The Hall–Kier alpha value is -2.07.